The van der Waals surface area contributed by atoms with E-state index in [1.807, 2.05) is 0 Å². The van der Waals surface area contributed by atoms with E-state index < -0.39 is 97.5 Å². The summed E-state index contributed by atoms with van der Waals surface area (Å²) < 4.78 is 68.9. The van der Waals surface area contributed by atoms with Crippen molar-refractivity contribution in [1.82, 2.24) is 0 Å². The molecule has 0 saturated heterocycles. The van der Waals surface area contributed by atoms with Crippen LogP contribution in [0.25, 0.3) is 0 Å². The van der Waals surface area contributed by atoms with Gasteiger partial charge in [0.25, 0.3) is 0 Å². The maximum Gasteiger partial charge on any atom is 0.472 e. The summed E-state index contributed by atoms with van der Waals surface area (Å²) in [6.45, 7) is 9.69. The van der Waals surface area contributed by atoms with Crippen LogP contribution in [-0.4, -0.2) is 96.7 Å². The molecule has 0 amide bonds. The molecule has 19 heteroatoms. The number of hydrogen-bond acceptors (Lipinski definition) is 15. The van der Waals surface area contributed by atoms with Gasteiger partial charge in [-0.3, -0.25) is 37.3 Å². The van der Waals surface area contributed by atoms with E-state index >= 15 is 0 Å². The summed E-state index contributed by atoms with van der Waals surface area (Å²) >= 11 is 0. The highest BCUT2D eigenvalue weighted by Crippen LogP contribution is 2.45. The van der Waals surface area contributed by atoms with Gasteiger partial charge in [0.2, 0.25) is 0 Å². The Hall–Kier alpha value is -1.94. The topological polar surface area (TPSA) is 237 Å². The van der Waals surface area contributed by atoms with E-state index in [9.17, 15) is 43.2 Å². The van der Waals surface area contributed by atoms with Crippen molar-refractivity contribution < 1.29 is 80.2 Å². The van der Waals surface area contributed by atoms with Crippen molar-refractivity contribution in [3.8, 4) is 0 Å². The molecular weight excluding hydrogens is 1380 g/mol. The van der Waals surface area contributed by atoms with Crippen LogP contribution >= 0.6 is 15.6 Å². The molecule has 0 bridgehead atoms. The van der Waals surface area contributed by atoms with E-state index in [2.05, 4.69) is 41.5 Å². The Morgan fingerprint density at radius 3 is 0.717 bits per heavy atom. The molecule has 0 aromatic rings. The van der Waals surface area contributed by atoms with Gasteiger partial charge in [-0.15, -0.1) is 0 Å². The van der Waals surface area contributed by atoms with Crippen molar-refractivity contribution in [3.05, 3.63) is 0 Å². The van der Waals surface area contributed by atoms with E-state index in [1.165, 1.54) is 276 Å². The van der Waals surface area contributed by atoms with Crippen molar-refractivity contribution in [1.29, 1.82) is 0 Å². The predicted octanol–water partition coefficient (Wildman–Crippen LogP) is 26.6. The Morgan fingerprint density at radius 1 is 0.274 bits per heavy atom. The van der Waals surface area contributed by atoms with Gasteiger partial charge in [-0.2, -0.15) is 0 Å². The zero-order valence-electron chi connectivity index (χ0n) is 69.7. The maximum absolute atomic E-state index is 13.2. The molecule has 0 aliphatic rings. The van der Waals surface area contributed by atoms with Crippen molar-refractivity contribution in [2.45, 2.75) is 484 Å². The van der Waals surface area contributed by atoms with Crippen LogP contribution < -0.4 is 0 Å². The average molecular weight is 1550 g/mol. The fourth-order valence-corrected chi connectivity index (χ4v) is 15.1. The van der Waals surface area contributed by atoms with Gasteiger partial charge >= 0.3 is 39.5 Å². The third-order valence-electron chi connectivity index (χ3n) is 20.8. The quantitative estimate of drug-likeness (QED) is 0.0222. The van der Waals surface area contributed by atoms with Crippen LogP contribution in [0.5, 0.6) is 0 Å². The van der Waals surface area contributed by atoms with Crippen molar-refractivity contribution >= 4 is 39.5 Å². The lowest BCUT2D eigenvalue weighted by Gasteiger charge is -2.21. The number of phosphoric ester groups is 2. The normalized spacial score (nSPS) is 14.1. The van der Waals surface area contributed by atoms with Gasteiger partial charge in [0.1, 0.15) is 19.3 Å². The summed E-state index contributed by atoms with van der Waals surface area (Å²) in [5, 5.41) is 10.7. The highest BCUT2D eigenvalue weighted by molar-refractivity contribution is 7.47. The summed E-state index contributed by atoms with van der Waals surface area (Å²) in [5.74, 6) is -0.526. The molecule has 0 rings (SSSR count). The van der Waals surface area contributed by atoms with Crippen LogP contribution in [0, 0.1) is 11.8 Å². The summed E-state index contributed by atoms with van der Waals surface area (Å²) in [5.41, 5.74) is 0. The van der Waals surface area contributed by atoms with Gasteiger partial charge in [0.15, 0.2) is 12.2 Å². The lowest BCUT2D eigenvalue weighted by atomic mass is 9.99. The fourth-order valence-electron chi connectivity index (χ4n) is 13.6. The fraction of sp³-hybridized carbons (Fsp3) is 0.954. The Labute approximate surface area is 651 Å². The minimum absolute atomic E-state index is 0.107. The lowest BCUT2D eigenvalue weighted by Crippen LogP contribution is -2.30. The minimum Gasteiger partial charge on any atom is -0.462 e. The molecule has 0 aromatic heterocycles. The number of hydrogen-bond donors (Lipinski definition) is 3. The summed E-state index contributed by atoms with van der Waals surface area (Å²) in [6.07, 6.45) is 71.0. The van der Waals surface area contributed by atoms with Crippen LogP contribution in [0.3, 0.4) is 0 Å². The number of rotatable bonds is 86. The Morgan fingerprint density at radius 2 is 0.481 bits per heavy atom. The number of aliphatic hydroxyl groups is 1. The van der Waals surface area contributed by atoms with Crippen LogP contribution in [0.1, 0.15) is 465 Å². The van der Waals surface area contributed by atoms with Crippen LogP contribution in [0.4, 0.5) is 0 Å². The van der Waals surface area contributed by atoms with Crippen LogP contribution in [0.15, 0.2) is 0 Å². The van der Waals surface area contributed by atoms with Crippen molar-refractivity contribution in [3.63, 3.8) is 0 Å². The first kappa shape index (κ1) is 104. The molecule has 0 radical (unpaired) electrons. The summed E-state index contributed by atoms with van der Waals surface area (Å²) in [6, 6.07) is 0. The molecule has 106 heavy (non-hydrogen) atoms. The molecular formula is C87H170O17P2. The first-order valence-electron chi connectivity index (χ1n) is 45.0. The number of unbranched alkanes of at least 4 members (excludes halogenated alkanes) is 55. The molecule has 0 aliphatic heterocycles. The first-order chi connectivity index (χ1) is 51.4. The Bertz CT molecular complexity index is 2030. The average Bonchev–Trinajstić information content (AvgIpc) is 0.907. The lowest BCUT2D eigenvalue weighted by molar-refractivity contribution is -0.161. The number of esters is 4. The number of aliphatic hydroxyl groups excluding tert-OH is 1. The predicted molar refractivity (Wildman–Crippen MR) is 437 cm³/mol. The molecule has 17 nitrogen and oxygen atoms in total. The zero-order valence-corrected chi connectivity index (χ0v) is 71.5. The molecule has 0 fully saturated rings. The second-order valence-corrected chi connectivity index (χ2v) is 34.9. The third kappa shape index (κ3) is 78.7. The third-order valence-corrected chi connectivity index (χ3v) is 22.7. The first-order valence-corrected chi connectivity index (χ1v) is 48.0. The van der Waals surface area contributed by atoms with Gasteiger partial charge in [-0.05, 0) is 37.5 Å². The van der Waals surface area contributed by atoms with Gasteiger partial charge < -0.3 is 33.8 Å². The molecule has 6 atom stereocenters. The molecule has 0 aromatic carbocycles. The highest BCUT2D eigenvalue weighted by Gasteiger charge is 2.30. The maximum atomic E-state index is 13.2. The highest BCUT2D eigenvalue weighted by atomic mass is 31.2. The van der Waals surface area contributed by atoms with E-state index in [-0.39, 0.29) is 25.7 Å². The minimum atomic E-state index is -4.97. The molecule has 630 valence electrons. The van der Waals surface area contributed by atoms with Crippen LogP contribution in [0.2, 0.25) is 0 Å². The molecule has 3 N–H and O–H groups in total. The molecule has 0 spiro atoms. The number of carbonyl (C=O) groups excluding carboxylic acids is 4. The standard InChI is InChI=1S/C87H170O17P2/c1-7-10-12-14-16-18-20-22-24-25-26-27-31-34-38-41-45-51-57-63-69-84(89)97-75-82(103-86(91)72-66-60-53-47-43-39-35-32-29-28-30-33-36-40-44-50-56-62-68-80(6)9-3)77-101-105(93,94)99-73-81(88)74-100-106(95,96)102-78-83(76-98-85(90)70-64-58-54-48-49-55-61-67-79(4)5)104-87(92)71-65-59-52-46-42-37-23-21-19-17-15-13-11-8-2/h79-83,88H,7-78H2,1-6H3,(H,93,94)(H,95,96)/t80?,81-,82-,83-/m1/s1. The van der Waals surface area contributed by atoms with Crippen LogP contribution in [-0.2, 0) is 65.4 Å². The molecule has 0 heterocycles. The molecule has 0 saturated carbocycles. The van der Waals surface area contributed by atoms with Crippen molar-refractivity contribution in [2.24, 2.45) is 11.8 Å². The Kier molecular flexibility index (Phi) is 76.9. The largest absolute Gasteiger partial charge is 0.472 e. The zero-order chi connectivity index (χ0) is 77.8. The summed E-state index contributed by atoms with van der Waals surface area (Å²) in [4.78, 5) is 73.2. The summed E-state index contributed by atoms with van der Waals surface area (Å²) in [7, 11) is -9.93. The molecule has 3 unspecified atom stereocenters. The Balaban J connectivity index is 5.21. The van der Waals surface area contributed by atoms with Gasteiger partial charge in [0, 0.05) is 25.7 Å². The van der Waals surface area contributed by atoms with Gasteiger partial charge in [0.05, 0.1) is 26.4 Å². The number of ether oxygens (including phenoxy) is 4. The number of carbonyl (C=O) groups is 4. The second-order valence-electron chi connectivity index (χ2n) is 32.0. The number of phosphoric acid groups is 2. The van der Waals surface area contributed by atoms with E-state index in [0.717, 1.165) is 102 Å². The monoisotopic (exact) mass is 1550 g/mol. The van der Waals surface area contributed by atoms with Gasteiger partial charge in [-0.25, -0.2) is 9.13 Å². The molecule has 0 aliphatic carbocycles. The van der Waals surface area contributed by atoms with Gasteiger partial charge in [-0.1, -0.05) is 414 Å². The SMILES string of the molecule is CCCCCCCCCCCCCCCCCCCCCCC(=O)OC[C@H](COP(=O)(O)OC[C@@H](O)COP(=O)(O)OC[C@@H](COC(=O)CCCCCCCCCC(C)C)OC(=O)CCCCCCCCCCCCCCCC)OC(=O)CCCCCCCCCCCCCCCCCCCCC(C)CC. The van der Waals surface area contributed by atoms with E-state index in [1.54, 1.807) is 0 Å². The van der Waals surface area contributed by atoms with Crippen molar-refractivity contribution in [2.75, 3.05) is 39.6 Å². The van der Waals surface area contributed by atoms with E-state index in [4.69, 9.17) is 37.0 Å². The second kappa shape index (κ2) is 78.3. The smallest absolute Gasteiger partial charge is 0.462 e. The van der Waals surface area contributed by atoms with E-state index in [0.29, 0.717) is 31.6 Å².